The van der Waals surface area contributed by atoms with Crippen molar-refractivity contribution in [2.45, 2.75) is 58.8 Å². The minimum Gasteiger partial charge on any atom is -0.376 e. The summed E-state index contributed by atoms with van der Waals surface area (Å²) in [6.07, 6.45) is 7.08. The minimum absolute atomic E-state index is 0.0624. The van der Waals surface area contributed by atoms with Crippen LogP contribution in [0.25, 0.3) is 0 Å². The molecule has 7 nitrogen and oxygen atoms in total. The van der Waals surface area contributed by atoms with Crippen molar-refractivity contribution >= 4 is 23.4 Å². The predicted molar refractivity (Wildman–Crippen MR) is 119 cm³/mol. The molecule has 31 heavy (non-hydrogen) atoms. The van der Waals surface area contributed by atoms with Crippen molar-refractivity contribution in [2.75, 3.05) is 18.4 Å². The summed E-state index contributed by atoms with van der Waals surface area (Å²) < 4.78 is 0. The molecule has 5 rings (SSSR count). The van der Waals surface area contributed by atoms with Crippen molar-refractivity contribution in [1.82, 2.24) is 16.2 Å². The Morgan fingerprint density at radius 2 is 1.55 bits per heavy atom. The highest BCUT2D eigenvalue weighted by Crippen LogP contribution is 2.60. The zero-order valence-electron chi connectivity index (χ0n) is 18.6. The summed E-state index contributed by atoms with van der Waals surface area (Å²) in [6, 6.07) is 5.95. The van der Waals surface area contributed by atoms with Crippen LogP contribution < -0.4 is 21.5 Å². The molecule has 3 amide bonds. The molecule has 4 fully saturated rings. The molecule has 0 aliphatic heterocycles. The van der Waals surface area contributed by atoms with E-state index >= 15 is 0 Å². The van der Waals surface area contributed by atoms with Crippen molar-refractivity contribution in [3.8, 4) is 0 Å². The number of anilines is 1. The zero-order valence-corrected chi connectivity index (χ0v) is 18.6. The van der Waals surface area contributed by atoms with Gasteiger partial charge in [0.15, 0.2) is 0 Å². The SMILES string of the molecule is Cc1ccc(NCC(=O)NNC(=O)CCNC(=O)C23CC4CC(CC(C4)C2)C3)c(C)c1. The summed E-state index contributed by atoms with van der Waals surface area (Å²) in [5.41, 5.74) is 7.76. The number of nitrogens with one attached hydrogen (secondary N) is 4. The van der Waals surface area contributed by atoms with E-state index in [1.165, 1.54) is 19.3 Å². The van der Waals surface area contributed by atoms with Gasteiger partial charge < -0.3 is 10.6 Å². The van der Waals surface area contributed by atoms with Gasteiger partial charge in [-0.2, -0.15) is 0 Å². The van der Waals surface area contributed by atoms with Gasteiger partial charge in [0.2, 0.25) is 11.8 Å². The van der Waals surface area contributed by atoms with Crippen LogP contribution in [0.1, 0.15) is 56.1 Å². The lowest BCUT2D eigenvalue weighted by Gasteiger charge is -2.55. The maximum atomic E-state index is 12.9. The Labute approximate surface area is 184 Å². The molecule has 4 aliphatic carbocycles. The third kappa shape index (κ3) is 5.02. The topological polar surface area (TPSA) is 99.3 Å². The smallest absolute Gasteiger partial charge is 0.257 e. The Morgan fingerprint density at radius 3 is 2.16 bits per heavy atom. The normalized spacial score (nSPS) is 28.1. The molecule has 0 spiro atoms. The number of carbonyl (C=O) groups excluding carboxylic acids is 3. The van der Waals surface area contributed by atoms with Crippen LogP contribution in [-0.2, 0) is 14.4 Å². The van der Waals surface area contributed by atoms with E-state index in [-0.39, 0.29) is 36.1 Å². The lowest BCUT2D eigenvalue weighted by molar-refractivity contribution is -0.146. The van der Waals surface area contributed by atoms with Crippen molar-refractivity contribution in [3.63, 3.8) is 0 Å². The van der Waals surface area contributed by atoms with Crippen molar-refractivity contribution in [2.24, 2.45) is 23.2 Å². The third-order valence-electron chi connectivity index (χ3n) is 7.32. The molecule has 4 bridgehead atoms. The van der Waals surface area contributed by atoms with E-state index < -0.39 is 0 Å². The van der Waals surface area contributed by atoms with E-state index in [0.29, 0.717) is 24.3 Å². The molecule has 0 unspecified atom stereocenters. The molecule has 168 valence electrons. The molecule has 4 saturated carbocycles. The number of hydrogen-bond donors (Lipinski definition) is 4. The van der Waals surface area contributed by atoms with Gasteiger partial charge in [-0.3, -0.25) is 25.2 Å². The molecule has 0 heterocycles. The number of aryl methyl sites for hydroxylation is 2. The summed E-state index contributed by atoms with van der Waals surface area (Å²) in [5, 5.41) is 6.06. The van der Waals surface area contributed by atoms with Gasteiger partial charge in [-0.1, -0.05) is 17.7 Å². The van der Waals surface area contributed by atoms with Crippen LogP contribution in [0.15, 0.2) is 18.2 Å². The summed E-state index contributed by atoms with van der Waals surface area (Å²) in [7, 11) is 0. The first-order valence-corrected chi connectivity index (χ1v) is 11.5. The van der Waals surface area contributed by atoms with Crippen LogP contribution in [0, 0.1) is 37.0 Å². The molecule has 0 atom stereocenters. The Hall–Kier alpha value is -2.57. The van der Waals surface area contributed by atoms with E-state index in [1.54, 1.807) is 0 Å². The Bertz CT molecular complexity index is 831. The molecule has 0 saturated heterocycles. The summed E-state index contributed by atoms with van der Waals surface area (Å²) in [4.78, 5) is 36.9. The van der Waals surface area contributed by atoms with Crippen molar-refractivity contribution < 1.29 is 14.4 Å². The van der Waals surface area contributed by atoms with E-state index in [0.717, 1.165) is 36.1 Å². The Morgan fingerprint density at radius 1 is 0.935 bits per heavy atom. The quantitative estimate of drug-likeness (QED) is 0.504. The number of hydrogen-bond acceptors (Lipinski definition) is 4. The fourth-order valence-corrected chi connectivity index (χ4v) is 6.30. The maximum absolute atomic E-state index is 12.9. The first-order valence-electron chi connectivity index (χ1n) is 11.5. The monoisotopic (exact) mass is 426 g/mol. The van der Waals surface area contributed by atoms with Gasteiger partial charge in [-0.05, 0) is 81.8 Å². The van der Waals surface area contributed by atoms with Gasteiger partial charge in [0.05, 0.1) is 6.54 Å². The Kier molecular flexibility index (Phi) is 6.21. The number of hydrazine groups is 1. The average Bonchev–Trinajstić information content (AvgIpc) is 2.70. The van der Waals surface area contributed by atoms with Gasteiger partial charge in [-0.15, -0.1) is 0 Å². The second-order valence-electron chi connectivity index (χ2n) is 9.97. The van der Waals surface area contributed by atoms with Crippen molar-refractivity contribution in [3.05, 3.63) is 29.3 Å². The van der Waals surface area contributed by atoms with Crippen LogP contribution in [0.2, 0.25) is 0 Å². The first kappa shape index (κ1) is 21.7. The zero-order chi connectivity index (χ0) is 22.0. The second kappa shape index (κ2) is 8.89. The molecule has 1 aromatic rings. The van der Waals surface area contributed by atoms with Crippen LogP contribution >= 0.6 is 0 Å². The lowest BCUT2D eigenvalue weighted by atomic mass is 9.49. The lowest BCUT2D eigenvalue weighted by Crippen LogP contribution is -2.54. The highest BCUT2D eigenvalue weighted by molar-refractivity contribution is 5.86. The van der Waals surface area contributed by atoms with Crippen LogP contribution in [0.3, 0.4) is 0 Å². The average molecular weight is 427 g/mol. The summed E-state index contributed by atoms with van der Waals surface area (Å²) in [6.45, 7) is 4.35. The molecule has 0 radical (unpaired) electrons. The van der Waals surface area contributed by atoms with Gasteiger partial charge in [-0.25, -0.2) is 0 Å². The van der Waals surface area contributed by atoms with Crippen LogP contribution in [0.5, 0.6) is 0 Å². The summed E-state index contributed by atoms with van der Waals surface area (Å²) in [5.74, 6) is 1.63. The number of carbonyl (C=O) groups is 3. The standard InChI is InChI=1S/C24H34N4O3/c1-15-3-4-20(16(2)7-15)26-14-22(30)28-27-21(29)5-6-25-23(31)24-11-17-8-18(12-24)10-19(9-17)13-24/h3-4,7,17-19,26H,5-6,8-14H2,1-2H3,(H,25,31)(H,27,29)(H,28,30). The fraction of sp³-hybridized carbons (Fsp3) is 0.625. The number of rotatable bonds is 7. The fourth-order valence-electron chi connectivity index (χ4n) is 6.30. The number of amides is 3. The third-order valence-corrected chi connectivity index (χ3v) is 7.32. The van der Waals surface area contributed by atoms with E-state index in [9.17, 15) is 14.4 Å². The van der Waals surface area contributed by atoms with Gasteiger partial charge in [0.1, 0.15) is 0 Å². The molecular weight excluding hydrogens is 392 g/mol. The highest BCUT2D eigenvalue weighted by atomic mass is 16.2. The van der Waals surface area contributed by atoms with Crippen LogP contribution in [0.4, 0.5) is 5.69 Å². The molecule has 7 heteroatoms. The van der Waals surface area contributed by atoms with Crippen LogP contribution in [-0.4, -0.2) is 30.8 Å². The van der Waals surface area contributed by atoms with Crippen molar-refractivity contribution in [1.29, 1.82) is 0 Å². The summed E-state index contributed by atoms with van der Waals surface area (Å²) >= 11 is 0. The second-order valence-corrected chi connectivity index (χ2v) is 9.97. The maximum Gasteiger partial charge on any atom is 0.257 e. The first-order chi connectivity index (χ1) is 14.8. The van der Waals surface area contributed by atoms with Gasteiger partial charge in [0, 0.05) is 24.1 Å². The van der Waals surface area contributed by atoms with E-state index in [4.69, 9.17) is 0 Å². The number of benzene rings is 1. The molecule has 0 aromatic heterocycles. The van der Waals surface area contributed by atoms with E-state index in [2.05, 4.69) is 21.5 Å². The van der Waals surface area contributed by atoms with Gasteiger partial charge >= 0.3 is 0 Å². The molecular formula is C24H34N4O3. The molecule has 4 aliphatic rings. The van der Waals surface area contributed by atoms with Gasteiger partial charge in [0.25, 0.3) is 5.91 Å². The predicted octanol–water partition coefficient (Wildman–Crippen LogP) is 2.59. The largest absolute Gasteiger partial charge is 0.376 e. The Balaban J connectivity index is 1.14. The highest BCUT2D eigenvalue weighted by Gasteiger charge is 2.54. The van der Waals surface area contributed by atoms with E-state index in [1.807, 2.05) is 32.0 Å². The molecule has 4 N–H and O–H groups in total. The minimum atomic E-state index is -0.328. The molecule has 1 aromatic carbocycles.